The minimum atomic E-state index is -1.04. The first-order chi connectivity index (χ1) is 16.7. The number of aromatic carboxylic acids is 1. The Morgan fingerprint density at radius 2 is 1.91 bits per heavy atom. The Morgan fingerprint density at radius 3 is 2.66 bits per heavy atom. The summed E-state index contributed by atoms with van der Waals surface area (Å²) in [7, 11) is 0. The summed E-state index contributed by atoms with van der Waals surface area (Å²) in [6, 6.07) is 14.4. The summed E-state index contributed by atoms with van der Waals surface area (Å²) in [6.45, 7) is 6.20. The van der Waals surface area contributed by atoms with Crippen LogP contribution in [0.4, 0.5) is 11.5 Å². The van der Waals surface area contributed by atoms with Gasteiger partial charge in [-0.05, 0) is 73.4 Å². The van der Waals surface area contributed by atoms with Gasteiger partial charge in [-0.25, -0.2) is 9.78 Å². The molecule has 1 aliphatic rings. The Labute approximate surface area is 201 Å². The maximum absolute atomic E-state index is 13.4. The predicted octanol–water partition coefficient (Wildman–Crippen LogP) is 4.34. The van der Waals surface area contributed by atoms with E-state index in [4.69, 9.17) is 10.7 Å². The molecule has 176 valence electrons. The topological polar surface area (TPSA) is 127 Å². The average Bonchev–Trinajstić information content (AvgIpc) is 3.45. The number of carboxylic acids is 1. The van der Waals surface area contributed by atoms with Crippen LogP contribution in [-0.2, 0) is 6.54 Å². The van der Waals surface area contributed by atoms with Crippen LogP contribution in [0.25, 0.3) is 22.6 Å². The van der Waals surface area contributed by atoms with E-state index in [1.165, 1.54) is 6.07 Å². The first-order valence-corrected chi connectivity index (χ1v) is 11.2. The minimum Gasteiger partial charge on any atom is -0.478 e. The number of aromatic nitrogens is 4. The van der Waals surface area contributed by atoms with Gasteiger partial charge in [-0.1, -0.05) is 18.2 Å². The number of carbonyl (C=O) groups is 2. The molecule has 0 atom stereocenters. The van der Waals surface area contributed by atoms with E-state index in [9.17, 15) is 14.7 Å². The Balaban J connectivity index is 1.50. The number of nitrogens with zero attached hydrogens (tertiary/aromatic N) is 5. The van der Waals surface area contributed by atoms with Gasteiger partial charge in [0.15, 0.2) is 5.82 Å². The Hall–Kier alpha value is -4.53. The van der Waals surface area contributed by atoms with Crippen molar-refractivity contribution >= 4 is 23.4 Å². The summed E-state index contributed by atoms with van der Waals surface area (Å²) >= 11 is 0. The summed E-state index contributed by atoms with van der Waals surface area (Å²) in [5, 5.41) is 17.7. The van der Waals surface area contributed by atoms with Crippen molar-refractivity contribution in [3.8, 4) is 22.6 Å². The standard InChI is InChI=1S/C26H24N6O3/c1-14(2)32-13-28-30-24(32)22-5-4-6-23(29-22)31-12-17-8-7-16(9-21(17)25(31)33)19-10-18(27)11-20(15(19)3)26(34)35/h4-11,13-14H,12,27H2,1-3H3,(H,34,35). The highest BCUT2D eigenvalue weighted by Crippen LogP contribution is 2.34. The van der Waals surface area contributed by atoms with E-state index in [0.29, 0.717) is 46.3 Å². The highest BCUT2D eigenvalue weighted by atomic mass is 16.4. The maximum Gasteiger partial charge on any atom is 0.336 e. The number of anilines is 2. The number of carboxylic acid groups (broad SMARTS) is 1. The molecule has 0 aliphatic carbocycles. The zero-order valence-electron chi connectivity index (χ0n) is 19.6. The normalized spacial score (nSPS) is 12.9. The molecule has 5 rings (SSSR count). The van der Waals surface area contributed by atoms with Crippen molar-refractivity contribution in [3.63, 3.8) is 0 Å². The molecule has 0 fully saturated rings. The number of pyridine rings is 1. The van der Waals surface area contributed by atoms with Crippen molar-refractivity contribution in [2.24, 2.45) is 0 Å². The summed E-state index contributed by atoms with van der Waals surface area (Å²) in [6.07, 6.45) is 1.67. The molecule has 0 saturated carbocycles. The fraction of sp³-hybridized carbons (Fsp3) is 0.192. The zero-order valence-corrected chi connectivity index (χ0v) is 19.6. The second-order valence-electron chi connectivity index (χ2n) is 8.85. The smallest absolute Gasteiger partial charge is 0.336 e. The SMILES string of the molecule is Cc1c(C(=O)O)cc(N)cc1-c1ccc2c(c1)C(=O)N(c1cccc(-c3nncn3C(C)C)n1)C2. The lowest BCUT2D eigenvalue weighted by Crippen LogP contribution is -2.24. The molecule has 2 aromatic heterocycles. The minimum absolute atomic E-state index is 0.142. The van der Waals surface area contributed by atoms with E-state index in [-0.39, 0.29) is 17.5 Å². The van der Waals surface area contributed by atoms with Crippen molar-refractivity contribution in [3.05, 3.63) is 77.1 Å². The van der Waals surface area contributed by atoms with Crippen LogP contribution in [0.3, 0.4) is 0 Å². The molecular weight excluding hydrogens is 444 g/mol. The molecule has 3 heterocycles. The Bertz CT molecular complexity index is 1490. The molecule has 1 amide bonds. The fourth-order valence-electron chi connectivity index (χ4n) is 4.41. The third-order valence-electron chi connectivity index (χ3n) is 6.25. The molecule has 0 saturated heterocycles. The highest BCUT2D eigenvalue weighted by molar-refractivity contribution is 6.10. The second kappa shape index (κ2) is 8.35. The number of hydrogen-bond acceptors (Lipinski definition) is 6. The molecule has 3 N–H and O–H groups in total. The van der Waals surface area contributed by atoms with Gasteiger partial charge in [-0.15, -0.1) is 10.2 Å². The van der Waals surface area contributed by atoms with Crippen molar-refractivity contribution in [1.29, 1.82) is 0 Å². The summed E-state index contributed by atoms with van der Waals surface area (Å²) in [5.74, 6) is -0.0490. The number of nitrogen functional groups attached to an aromatic ring is 1. The molecule has 0 spiro atoms. The van der Waals surface area contributed by atoms with Gasteiger partial charge < -0.3 is 15.4 Å². The molecule has 2 aromatic carbocycles. The first kappa shape index (κ1) is 22.3. The number of fused-ring (bicyclic) bond motifs is 1. The third kappa shape index (κ3) is 3.80. The molecule has 9 heteroatoms. The molecular formula is C26H24N6O3. The highest BCUT2D eigenvalue weighted by Gasteiger charge is 2.30. The number of amides is 1. The van der Waals surface area contributed by atoms with Crippen LogP contribution in [0.2, 0.25) is 0 Å². The van der Waals surface area contributed by atoms with Gasteiger partial charge in [0.05, 0.1) is 12.1 Å². The molecule has 35 heavy (non-hydrogen) atoms. The van der Waals surface area contributed by atoms with E-state index in [1.807, 2.05) is 42.7 Å². The fourth-order valence-corrected chi connectivity index (χ4v) is 4.41. The van der Waals surface area contributed by atoms with Gasteiger partial charge in [0.2, 0.25) is 0 Å². The van der Waals surface area contributed by atoms with Crippen molar-refractivity contribution in [1.82, 2.24) is 19.7 Å². The second-order valence-corrected chi connectivity index (χ2v) is 8.85. The predicted molar refractivity (Wildman–Crippen MR) is 132 cm³/mol. The van der Waals surface area contributed by atoms with Crippen LogP contribution in [0.5, 0.6) is 0 Å². The number of hydrogen-bond donors (Lipinski definition) is 2. The van der Waals surface area contributed by atoms with Crippen LogP contribution in [-0.4, -0.2) is 36.7 Å². The number of benzene rings is 2. The lowest BCUT2D eigenvalue weighted by molar-refractivity contribution is 0.0696. The zero-order chi connectivity index (χ0) is 24.9. The van der Waals surface area contributed by atoms with Gasteiger partial charge in [0, 0.05) is 17.3 Å². The van der Waals surface area contributed by atoms with Gasteiger partial charge in [0.1, 0.15) is 17.8 Å². The molecule has 0 bridgehead atoms. The van der Waals surface area contributed by atoms with E-state index in [0.717, 1.165) is 11.1 Å². The lowest BCUT2D eigenvalue weighted by Gasteiger charge is -2.16. The van der Waals surface area contributed by atoms with Gasteiger partial charge in [0.25, 0.3) is 5.91 Å². The number of nitrogens with two attached hydrogens (primary N) is 1. The molecule has 1 aliphatic heterocycles. The summed E-state index contributed by atoms with van der Waals surface area (Å²) in [5.41, 5.74) is 10.5. The van der Waals surface area contributed by atoms with Crippen LogP contribution < -0.4 is 10.6 Å². The Morgan fingerprint density at radius 1 is 1.11 bits per heavy atom. The van der Waals surface area contributed by atoms with Gasteiger partial charge in [-0.2, -0.15) is 0 Å². The molecule has 0 radical (unpaired) electrons. The molecule has 4 aromatic rings. The van der Waals surface area contributed by atoms with Crippen LogP contribution in [0, 0.1) is 6.92 Å². The first-order valence-electron chi connectivity index (χ1n) is 11.2. The quantitative estimate of drug-likeness (QED) is 0.417. The van der Waals surface area contributed by atoms with E-state index < -0.39 is 5.97 Å². The Kier molecular flexibility index (Phi) is 5.32. The van der Waals surface area contributed by atoms with Gasteiger partial charge in [-0.3, -0.25) is 9.69 Å². The summed E-state index contributed by atoms with van der Waals surface area (Å²) < 4.78 is 1.93. The van der Waals surface area contributed by atoms with Crippen LogP contribution in [0.15, 0.2) is 54.9 Å². The van der Waals surface area contributed by atoms with E-state index in [1.54, 1.807) is 36.4 Å². The molecule has 0 unspecified atom stereocenters. The lowest BCUT2D eigenvalue weighted by atomic mass is 9.93. The van der Waals surface area contributed by atoms with Crippen LogP contribution >= 0.6 is 0 Å². The maximum atomic E-state index is 13.4. The van der Waals surface area contributed by atoms with Gasteiger partial charge >= 0.3 is 5.97 Å². The van der Waals surface area contributed by atoms with Crippen molar-refractivity contribution < 1.29 is 14.7 Å². The average molecular weight is 469 g/mol. The van der Waals surface area contributed by atoms with E-state index >= 15 is 0 Å². The number of carbonyl (C=O) groups excluding carboxylic acids is 1. The number of rotatable bonds is 5. The van der Waals surface area contributed by atoms with E-state index in [2.05, 4.69) is 10.2 Å². The summed E-state index contributed by atoms with van der Waals surface area (Å²) in [4.78, 5) is 31.4. The van der Waals surface area contributed by atoms with Crippen molar-refractivity contribution in [2.45, 2.75) is 33.4 Å². The largest absolute Gasteiger partial charge is 0.478 e. The third-order valence-corrected chi connectivity index (χ3v) is 6.25. The molecule has 9 nitrogen and oxygen atoms in total. The monoisotopic (exact) mass is 468 g/mol. The van der Waals surface area contributed by atoms with Crippen LogP contribution in [0.1, 0.15) is 51.7 Å². The van der Waals surface area contributed by atoms with Crippen molar-refractivity contribution in [2.75, 3.05) is 10.6 Å².